The van der Waals surface area contributed by atoms with Crippen molar-refractivity contribution in [3.8, 4) is 5.75 Å². The highest BCUT2D eigenvalue weighted by atomic mass is 32.2. The highest BCUT2D eigenvalue weighted by molar-refractivity contribution is 8.01. The predicted octanol–water partition coefficient (Wildman–Crippen LogP) is 0.981. The second-order valence-corrected chi connectivity index (χ2v) is 4.81. The van der Waals surface area contributed by atoms with Gasteiger partial charge in [0, 0.05) is 11.3 Å². The lowest BCUT2D eigenvalue weighted by molar-refractivity contribution is -0.129. The first-order valence-electron chi connectivity index (χ1n) is 5.46. The maximum absolute atomic E-state index is 11.9. The number of ether oxygens (including phenoxy) is 1. The largest absolute Gasteiger partial charge is 0.497 e. The molecule has 1 aromatic carbocycles. The van der Waals surface area contributed by atoms with E-state index in [4.69, 9.17) is 9.84 Å². The molecular formula is C12H12N2O4S. The molecule has 1 unspecified atom stereocenters. The third-order valence-corrected chi connectivity index (χ3v) is 3.48. The average Bonchev–Trinajstić information content (AvgIpc) is 2.87. The molecule has 1 heterocycles. The zero-order valence-corrected chi connectivity index (χ0v) is 10.9. The maximum atomic E-state index is 11.9. The Morgan fingerprint density at radius 2 is 2.11 bits per heavy atom. The zero-order valence-electron chi connectivity index (χ0n) is 10.1. The number of thioether (sulfide) groups is 1. The first-order chi connectivity index (χ1) is 9.10. The molecule has 2 rings (SSSR count). The van der Waals surface area contributed by atoms with Gasteiger partial charge in [0.1, 0.15) is 11.5 Å². The van der Waals surface area contributed by atoms with Crippen molar-refractivity contribution in [3.05, 3.63) is 29.8 Å². The Morgan fingerprint density at radius 1 is 1.42 bits per heavy atom. The highest BCUT2D eigenvalue weighted by Crippen LogP contribution is 2.19. The van der Waals surface area contributed by atoms with Crippen molar-refractivity contribution >= 4 is 29.4 Å². The number of carbonyl (C=O) groups is 2. The number of nitrogens with one attached hydrogen (secondary N) is 1. The van der Waals surface area contributed by atoms with Crippen LogP contribution >= 0.6 is 11.8 Å². The van der Waals surface area contributed by atoms with Crippen LogP contribution in [-0.4, -0.2) is 41.1 Å². The van der Waals surface area contributed by atoms with Crippen LogP contribution in [0.2, 0.25) is 0 Å². The Bertz CT molecular complexity index is 527. The minimum absolute atomic E-state index is 0.0741. The van der Waals surface area contributed by atoms with Crippen LogP contribution in [0.3, 0.4) is 0 Å². The standard InChI is InChI=1S/C12H12N2O4S/c1-18-8-4-2-7(3-5-8)10(15)14-12-13-9(6-19-12)11(16)17/h2-5,12H,6H2,1H3,(H,14,15)(H,16,17). The number of carboxylic acids is 1. The van der Waals surface area contributed by atoms with Gasteiger partial charge in [0.2, 0.25) is 0 Å². The molecule has 0 saturated heterocycles. The van der Waals surface area contributed by atoms with Gasteiger partial charge in [0.05, 0.1) is 7.11 Å². The van der Waals surface area contributed by atoms with Crippen LogP contribution in [0.15, 0.2) is 29.3 Å². The molecule has 0 radical (unpaired) electrons. The summed E-state index contributed by atoms with van der Waals surface area (Å²) in [4.78, 5) is 26.5. The number of hydrogen-bond donors (Lipinski definition) is 2. The van der Waals surface area contributed by atoms with E-state index in [-0.39, 0.29) is 11.6 Å². The smallest absolute Gasteiger partial charge is 0.350 e. The molecule has 2 N–H and O–H groups in total. The van der Waals surface area contributed by atoms with Gasteiger partial charge in [-0.1, -0.05) is 0 Å². The first kappa shape index (κ1) is 13.4. The second-order valence-electron chi connectivity index (χ2n) is 3.75. The van der Waals surface area contributed by atoms with E-state index >= 15 is 0 Å². The summed E-state index contributed by atoms with van der Waals surface area (Å²) in [5.41, 5.74) is 0.00566. The van der Waals surface area contributed by atoms with Gasteiger partial charge in [-0.2, -0.15) is 0 Å². The van der Waals surface area contributed by atoms with Gasteiger partial charge in [0.15, 0.2) is 5.50 Å². The summed E-state index contributed by atoms with van der Waals surface area (Å²) in [6, 6.07) is 6.64. The number of amides is 1. The molecule has 1 aliphatic rings. The van der Waals surface area contributed by atoms with Gasteiger partial charge in [-0.05, 0) is 24.3 Å². The number of nitrogens with zero attached hydrogens (tertiary/aromatic N) is 1. The van der Waals surface area contributed by atoms with E-state index in [1.165, 1.54) is 11.8 Å². The van der Waals surface area contributed by atoms with Crippen molar-refractivity contribution in [2.45, 2.75) is 5.50 Å². The normalized spacial score (nSPS) is 17.7. The van der Waals surface area contributed by atoms with Crippen LogP contribution in [0.1, 0.15) is 10.4 Å². The van der Waals surface area contributed by atoms with E-state index in [9.17, 15) is 9.59 Å². The molecule has 1 aromatic rings. The lowest BCUT2D eigenvalue weighted by Crippen LogP contribution is -2.30. The number of methoxy groups -OCH3 is 1. The molecule has 1 atom stereocenters. The van der Waals surface area contributed by atoms with E-state index in [2.05, 4.69) is 10.3 Å². The van der Waals surface area contributed by atoms with Crippen LogP contribution in [0.5, 0.6) is 5.75 Å². The van der Waals surface area contributed by atoms with E-state index in [0.29, 0.717) is 17.1 Å². The fraction of sp³-hybridized carbons (Fsp3) is 0.250. The summed E-state index contributed by atoms with van der Waals surface area (Å²) in [6.07, 6.45) is 0. The van der Waals surface area contributed by atoms with Crippen LogP contribution in [0.25, 0.3) is 0 Å². The van der Waals surface area contributed by atoms with Gasteiger partial charge in [-0.25, -0.2) is 9.79 Å². The van der Waals surface area contributed by atoms with Crippen molar-refractivity contribution in [1.82, 2.24) is 5.32 Å². The summed E-state index contributed by atoms with van der Waals surface area (Å²) in [5, 5.41) is 11.4. The summed E-state index contributed by atoms with van der Waals surface area (Å²) in [7, 11) is 1.55. The molecule has 1 aliphatic heterocycles. The Labute approximate surface area is 113 Å². The van der Waals surface area contributed by atoms with Crippen LogP contribution in [0.4, 0.5) is 0 Å². The molecule has 0 aliphatic carbocycles. The van der Waals surface area contributed by atoms with Crippen molar-refractivity contribution in [1.29, 1.82) is 0 Å². The molecule has 7 heteroatoms. The van der Waals surface area contributed by atoms with Gasteiger partial charge in [-0.3, -0.25) is 4.79 Å². The lowest BCUT2D eigenvalue weighted by Gasteiger charge is -2.09. The Hall–Kier alpha value is -2.02. The molecular weight excluding hydrogens is 268 g/mol. The maximum Gasteiger partial charge on any atom is 0.350 e. The number of carboxylic acid groups (broad SMARTS) is 1. The third kappa shape index (κ3) is 3.25. The quantitative estimate of drug-likeness (QED) is 0.858. The number of carbonyl (C=O) groups excluding carboxylic acids is 1. The van der Waals surface area contributed by atoms with Crippen molar-refractivity contribution < 1.29 is 19.4 Å². The molecule has 0 saturated carbocycles. The van der Waals surface area contributed by atoms with E-state index < -0.39 is 11.5 Å². The number of aliphatic imine (C=N–C) groups is 1. The molecule has 19 heavy (non-hydrogen) atoms. The first-order valence-corrected chi connectivity index (χ1v) is 6.51. The number of aliphatic carboxylic acids is 1. The van der Waals surface area contributed by atoms with Gasteiger partial charge in [-0.15, -0.1) is 11.8 Å². The molecule has 1 amide bonds. The van der Waals surface area contributed by atoms with Gasteiger partial charge < -0.3 is 15.2 Å². The topological polar surface area (TPSA) is 88.0 Å². The monoisotopic (exact) mass is 280 g/mol. The highest BCUT2D eigenvalue weighted by Gasteiger charge is 2.24. The minimum Gasteiger partial charge on any atom is -0.497 e. The Kier molecular flexibility index (Phi) is 4.06. The predicted molar refractivity (Wildman–Crippen MR) is 71.8 cm³/mol. The summed E-state index contributed by atoms with van der Waals surface area (Å²) in [5.74, 6) is -0.384. The van der Waals surface area contributed by atoms with E-state index in [1.54, 1.807) is 31.4 Å². The Morgan fingerprint density at radius 3 is 2.63 bits per heavy atom. The van der Waals surface area contributed by atoms with Crippen molar-refractivity contribution in [2.75, 3.05) is 12.9 Å². The van der Waals surface area contributed by atoms with Gasteiger partial charge >= 0.3 is 5.97 Å². The molecule has 0 fully saturated rings. The van der Waals surface area contributed by atoms with E-state index in [1.807, 2.05) is 0 Å². The summed E-state index contributed by atoms with van der Waals surface area (Å²) >= 11 is 1.27. The van der Waals surface area contributed by atoms with Crippen LogP contribution in [-0.2, 0) is 4.79 Å². The number of rotatable bonds is 4. The Balaban J connectivity index is 1.99. The van der Waals surface area contributed by atoms with Crippen LogP contribution in [0, 0.1) is 0 Å². The zero-order chi connectivity index (χ0) is 13.8. The molecule has 100 valence electrons. The fourth-order valence-corrected chi connectivity index (χ4v) is 2.41. The molecule has 0 spiro atoms. The number of hydrogen-bond acceptors (Lipinski definition) is 5. The van der Waals surface area contributed by atoms with Crippen LogP contribution < -0.4 is 10.1 Å². The fourth-order valence-electron chi connectivity index (χ4n) is 1.50. The summed E-state index contributed by atoms with van der Waals surface area (Å²) in [6.45, 7) is 0. The average molecular weight is 280 g/mol. The summed E-state index contributed by atoms with van der Waals surface area (Å²) < 4.78 is 5.00. The van der Waals surface area contributed by atoms with Crippen molar-refractivity contribution in [2.24, 2.45) is 4.99 Å². The number of benzene rings is 1. The second kappa shape index (κ2) is 5.75. The van der Waals surface area contributed by atoms with Crippen molar-refractivity contribution in [3.63, 3.8) is 0 Å². The lowest BCUT2D eigenvalue weighted by atomic mass is 10.2. The molecule has 0 bridgehead atoms. The SMILES string of the molecule is COc1ccc(C(=O)NC2N=C(C(=O)O)CS2)cc1. The molecule has 0 aromatic heterocycles. The minimum atomic E-state index is -1.05. The molecule has 6 nitrogen and oxygen atoms in total. The third-order valence-electron chi connectivity index (χ3n) is 2.50. The van der Waals surface area contributed by atoms with E-state index in [0.717, 1.165) is 0 Å². The van der Waals surface area contributed by atoms with Gasteiger partial charge in [0.25, 0.3) is 5.91 Å².